The third-order valence-electron chi connectivity index (χ3n) is 7.77. The average Bonchev–Trinajstić information content (AvgIpc) is 3.15. The number of aromatic amines is 1. The first-order valence-corrected chi connectivity index (χ1v) is 12.2. The number of carboxylic acid groups (broad SMARTS) is 1. The summed E-state index contributed by atoms with van der Waals surface area (Å²) in [6.07, 6.45) is 3.41. The molecule has 36 heavy (non-hydrogen) atoms. The smallest absolute Gasteiger partial charge is 0.328 e. The second-order valence-electron chi connectivity index (χ2n) is 10.3. The molecule has 2 aromatic carbocycles. The number of nitrogens with zero attached hydrogens (tertiary/aromatic N) is 1. The minimum atomic E-state index is -1.37. The fourth-order valence-corrected chi connectivity index (χ4v) is 5.86. The number of nitrogens with one attached hydrogen (secondary N) is 1. The Kier molecular flexibility index (Phi) is 6.07. The number of allylic oxidation sites excluding steroid dienone is 1. The van der Waals surface area contributed by atoms with E-state index in [1.165, 1.54) is 6.08 Å². The first kappa shape index (κ1) is 24.4. The highest BCUT2D eigenvalue weighted by molar-refractivity contribution is 5.86. The van der Waals surface area contributed by atoms with Crippen LogP contribution in [0, 0.1) is 17.6 Å². The van der Waals surface area contributed by atoms with Crippen LogP contribution >= 0.6 is 0 Å². The van der Waals surface area contributed by atoms with Gasteiger partial charge in [0.15, 0.2) is 0 Å². The summed E-state index contributed by atoms with van der Waals surface area (Å²) < 4.78 is 46.1. The van der Waals surface area contributed by atoms with Crippen LogP contribution in [0.2, 0.25) is 0 Å². The van der Waals surface area contributed by atoms with Crippen LogP contribution in [0.15, 0.2) is 54.6 Å². The number of halogens is 3. The molecule has 0 saturated heterocycles. The van der Waals surface area contributed by atoms with E-state index >= 15 is 8.78 Å². The van der Waals surface area contributed by atoms with Gasteiger partial charge in [0.05, 0.1) is 6.04 Å². The molecule has 2 aliphatic rings. The predicted octanol–water partition coefficient (Wildman–Crippen LogP) is 6.57. The number of para-hydroxylation sites is 1. The number of carboxylic acids is 1. The number of hydrogen-bond acceptors (Lipinski definition) is 2. The topological polar surface area (TPSA) is 56.3 Å². The number of carbonyl (C=O) groups is 1. The summed E-state index contributed by atoms with van der Waals surface area (Å²) in [5.74, 6) is -2.64. The Morgan fingerprint density at radius 1 is 1.25 bits per heavy atom. The summed E-state index contributed by atoms with van der Waals surface area (Å²) in [4.78, 5) is 16.4. The predicted molar refractivity (Wildman–Crippen MR) is 134 cm³/mol. The second-order valence-corrected chi connectivity index (χ2v) is 10.3. The van der Waals surface area contributed by atoms with Crippen LogP contribution in [0.25, 0.3) is 17.0 Å². The van der Waals surface area contributed by atoms with E-state index in [1.54, 1.807) is 6.92 Å². The van der Waals surface area contributed by atoms with Crippen molar-refractivity contribution in [3.05, 3.63) is 88.6 Å². The first-order chi connectivity index (χ1) is 17.1. The van der Waals surface area contributed by atoms with Gasteiger partial charge in [0.1, 0.15) is 17.3 Å². The molecule has 0 bridgehead atoms. The van der Waals surface area contributed by atoms with Crippen molar-refractivity contribution in [2.24, 2.45) is 5.92 Å². The highest BCUT2D eigenvalue weighted by atomic mass is 19.1. The second kappa shape index (κ2) is 8.96. The zero-order valence-electron chi connectivity index (χ0n) is 20.3. The van der Waals surface area contributed by atoms with Gasteiger partial charge in [-0.05, 0) is 80.0 Å². The number of fused-ring (bicyclic) bond motifs is 3. The van der Waals surface area contributed by atoms with Crippen LogP contribution in [0.4, 0.5) is 13.2 Å². The van der Waals surface area contributed by atoms with Gasteiger partial charge >= 0.3 is 5.97 Å². The number of hydrogen-bond donors (Lipinski definition) is 2. The largest absolute Gasteiger partial charge is 0.478 e. The van der Waals surface area contributed by atoms with Crippen molar-refractivity contribution >= 4 is 22.9 Å². The molecule has 1 aliphatic carbocycles. The summed E-state index contributed by atoms with van der Waals surface area (Å²) in [6.45, 7) is 8.02. The molecule has 2 atom stereocenters. The summed E-state index contributed by atoms with van der Waals surface area (Å²) in [5, 5.41) is 9.91. The van der Waals surface area contributed by atoms with E-state index in [0.29, 0.717) is 31.4 Å². The van der Waals surface area contributed by atoms with Gasteiger partial charge in [-0.2, -0.15) is 0 Å². The van der Waals surface area contributed by atoms with Crippen molar-refractivity contribution in [1.29, 1.82) is 0 Å². The van der Waals surface area contributed by atoms with E-state index in [9.17, 15) is 9.18 Å². The van der Waals surface area contributed by atoms with E-state index < -0.39 is 29.3 Å². The van der Waals surface area contributed by atoms with Gasteiger partial charge in [0.2, 0.25) is 0 Å². The molecule has 4 nitrogen and oxygen atoms in total. The lowest BCUT2D eigenvalue weighted by molar-refractivity contribution is -0.131. The lowest BCUT2D eigenvalue weighted by Gasteiger charge is -2.48. The Labute approximate surface area is 208 Å². The summed E-state index contributed by atoms with van der Waals surface area (Å²) in [5.41, 5.74) is 1.85. The van der Waals surface area contributed by atoms with Gasteiger partial charge < -0.3 is 10.1 Å². The molecule has 1 aliphatic heterocycles. The highest BCUT2D eigenvalue weighted by Crippen LogP contribution is 2.49. The number of aromatic nitrogens is 1. The summed E-state index contributed by atoms with van der Waals surface area (Å²) >= 11 is 0. The summed E-state index contributed by atoms with van der Waals surface area (Å²) in [7, 11) is 0. The zero-order valence-corrected chi connectivity index (χ0v) is 20.3. The van der Waals surface area contributed by atoms with E-state index in [1.807, 2.05) is 31.2 Å². The number of H-pyrrole nitrogens is 1. The van der Waals surface area contributed by atoms with Crippen LogP contribution in [-0.2, 0) is 11.2 Å². The SMILES string of the molecule is C=C(C)C1(F)CC(CN2[C@H](c3c(F)cc(/C=C/C(=O)O)cc3F)c3[nH]c4ccccc4c3C[C@H]2C)C1. The van der Waals surface area contributed by atoms with Crippen molar-refractivity contribution in [2.45, 2.75) is 50.9 Å². The molecule has 7 heteroatoms. The van der Waals surface area contributed by atoms with Gasteiger partial charge in [0.25, 0.3) is 0 Å². The van der Waals surface area contributed by atoms with Crippen LogP contribution < -0.4 is 0 Å². The molecule has 2 heterocycles. The maximum absolute atomic E-state index is 15.6. The van der Waals surface area contributed by atoms with Gasteiger partial charge in [-0.15, -0.1) is 0 Å². The van der Waals surface area contributed by atoms with E-state index in [2.05, 4.69) is 16.5 Å². The Balaban J connectivity index is 1.59. The van der Waals surface area contributed by atoms with Crippen molar-refractivity contribution in [3.8, 4) is 0 Å². The Morgan fingerprint density at radius 3 is 2.56 bits per heavy atom. The van der Waals surface area contributed by atoms with Crippen molar-refractivity contribution < 1.29 is 23.1 Å². The summed E-state index contributed by atoms with van der Waals surface area (Å²) in [6, 6.07) is 9.37. The minimum Gasteiger partial charge on any atom is -0.478 e. The molecule has 0 radical (unpaired) electrons. The number of alkyl halides is 1. The normalized spacial score (nSPS) is 26.2. The Morgan fingerprint density at radius 2 is 1.92 bits per heavy atom. The Hall–Kier alpha value is -3.32. The molecule has 0 spiro atoms. The maximum Gasteiger partial charge on any atom is 0.328 e. The van der Waals surface area contributed by atoms with Crippen LogP contribution in [0.3, 0.4) is 0 Å². The van der Waals surface area contributed by atoms with E-state index in [0.717, 1.165) is 40.4 Å². The lowest BCUT2D eigenvalue weighted by Crippen LogP contribution is -2.51. The van der Waals surface area contributed by atoms with Gasteiger partial charge in [-0.1, -0.05) is 24.8 Å². The van der Waals surface area contributed by atoms with Gasteiger partial charge in [0, 0.05) is 40.8 Å². The fraction of sp³-hybridized carbons (Fsp3) is 0.345. The lowest BCUT2D eigenvalue weighted by atomic mass is 9.68. The molecular weight excluding hydrogens is 465 g/mol. The fourth-order valence-electron chi connectivity index (χ4n) is 5.86. The van der Waals surface area contributed by atoms with Gasteiger partial charge in [-0.3, -0.25) is 4.90 Å². The number of rotatable bonds is 6. The molecule has 1 saturated carbocycles. The quantitative estimate of drug-likeness (QED) is 0.301. The molecule has 3 aromatic rings. The Bertz CT molecular complexity index is 1360. The highest BCUT2D eigenvalue weighted by Gasteiger charge is 2.48. The molecule has 1 fully saturated rings. The third kappa shape index (κ3) is 4.15. The van der Waals surface area contributed by atoms with E-state index in [4.69, 9.17) is 5.11 Å². The third-order valence-corrected chi connectivity index (χ3v) is 7.77. The van der Waals surface area contributed by atoms with Crippen LogP contribution in [0.5, 0.6) is 0 Å². The van der Waals surface area contributed by atoms with Crippen molar-refractivity contribution in [2.75, 3.05) is 6.54 Å². The molecule has 188 valence electrons. The van der Waals surface area contributed by atoms with E-state index in [-0.39, 0.29) is 23.1 Å². The average molecular weight is 495 g/mol. The standard InChI is InChI=1S/C29H29F3N2O2/c1-16(2)29(32)13-19(14-29)15-34-17(3)10-21-20-6-4-5-7-24(20)33-27(21)28(34)26-22(30)11-18(12-23(26)31)8-9-25(35)36/h4-9,11-12,17,19,28,33H,1,10,13-15H2,2-3H3,(H,35,36)/b9-8+/t17-,19?,28-,29?/m1/s1. The van der Waals surface area contributed by atoms with Crippen LogP contribution in [-0.4, -0.2) is 39.2 Å². The molecule has 0 unspecified atom stereocenters. The molecule has 2 N–H and O–H groups in total. The van der Waals surface area contributed by atoms with Crippen molar-refractivity contribution in [1.82, 2.24) is 9.88 Å². The molecule has 1 aromatic heterocycles. The first-order valence-electron chi connectivity index (χ1n) is 12.2. The zero-order chi connectivity index (χ0) is 25.8. The van der Waals surface area contributed by atoms with Gasteiger partial charge in [-0.25, -0.2) is 18.0 Å². The maximum atomic E-state index is 15.6. The molecular formula is C29H29F3N2O2. The number of aliphatic carboxylic acids is 1. The molecule has 0 amide bonds. The van der Waals surface area contributed by atoms with Crippen LogP contribution in [0.1, 0.15) is 55.1 Å². The molecule has 5 rings (SSSR count). The van der Waals surface area contributed by atoms with Crippen molar-refractivity contribution in [3.63, 3.8) is 0 Å². The minimum absolute atomic E-state index is 0.0356. The number of benzene rings is 2. The monoisotopic (exact) mass is 494 g/mol.